The van der Waals surface area contributed by atoms with Crippen LogP contribution in [0.15, 0.2) is 47.0 Å². The number of amides is 1. The number of hydrogen-bond donors (Lipinski definition) is 0. The molecule has 1 aliphatic rings. The number of nitrogens with zero attached hydrogens (tertiary/aromatic N) is 2. The van der Waals surface area contributed by atoms with Gasteiger partial charge in [0.25, 0.3) is 5.91 Å². The van der Waals surface area contributed by atoms with Crippen LogP contribution in [0.4, 0.5) is 4.39 Å². The number of aromatic nitrogens is 1. The number of carbonyl (C=O) groups is 1. The maximum atomic E-state index is 14.0. The van der Waals surface area contributed by atoms with Crippen molar-refractivity contribution in [2.45, 2.75) is 13.0 Å². The zero-order chi connectivity index (χ0) is 18.3. The Morgan fingerprint density at radius 1 is 1.15 bits per heavy atom. The zero-order valence-electron chi connectivity index (χ0n) is 13.5. The SMILES string of the molecule is O=C(c1c(F)cccc1Cl)N1CCc2c(noc2-c2ccc(Cl)cc2)C1. The summed E-state index contributed by atoms with van der Waals surface area (Å²) in [6.45, 7) is 0.675. The van der Waals surface area contributed by atoms with E-state index in [0.29, 0.717) is 29.4 Å². The Balaban J connectivity index is 1.61. The summed E-state index contributed by atoms with van der Waals surface area (Å²) in [7, 11) is 0. The van der Waals surface area contributed by atoms with Crippen molar-refractivity contribution in [2.75, 3.05) is 6.54 Å². The number of rotatable bonds is 2. The molecule has 3 aromatic rings. The predicted octanol–water partition coefficient (Wildman–Crippen LogP) is 4.99. The molecule has 4 rings (SSSR count). The smallest absolute Gasteiger partial charge is 0.258 e. The molecule has 0 radical (unpaired) electrons. The lowest BCUT2D eigenvalue weighted by molar-refractivity contribution is 0.0727. The van der Waals surface area contributed by atoms with Gasteiger partial charge in [0.15, 0.2) is 5.76 Å². The molecule has 0 saturated heterocycles. The Labute approximate surface area is 159 Å². The number of fused-ring (bicyclic) bond motifs is 1. The van der Waals surface area contributed by atoms with Gasteiger partial charge in [0.05, 0.1) is 17.1 Å². The van der Waals surface area contributed by atoms with Crippen molar-refractivity contribution < 1.29 is 13.7 Å². The van der Waals surface area contributed by atoms with Gasteiger partial charge in [0, 0.05) is 22.7 Å². The zero-order valence-corrected chi connectivity index (χ0v) is 15.0. The first-order chi connectivity index (χ1) is 12.5. The molecule has 2 aromatic carbocycles. The van der Waals surface area contributed by atoms with Crippen LogP contribution in [0, 0.1) is 5.82 Å². The summed E-state index contributed by atoms with van der Waals surface area (Å²) in [5.41, 5.74) is 2.39. The van der Waals surface area contributed by atoms with Crippen molar-refractivity contribution >= 4 is 29.1 Å². The van der Waals surface area contributed by atoms with Gasteiger partial charge in [-0.3, -0.25) is 4.79 Å². The fourth-order valence-electron chi connectivity index (χ4n) is 3.09. The van der Waals surface area contributed by atoms with Crippen molar-refractivity contribution in [2.24, 2.45) is 0 Å². The minimum atomic E-state index is -0.629. The second kappa shape index (κ2) is 6.74. The topological polar surface area (TPSA) is 46.3 Å². The van der Waals surface area contributed by atoms with E-state index in [-0.39, 0.29) is 17.1 Å². The molecule has 0 bridgehead atoms. The highest BCUT2D eigenvalue weighted by Gasteiger charge is 2.29. The standard InChI is InChI=1S/C19H13Cl2FN2O2/c20-12-6-4-11(5-7-12)18-13-8-9-24(10-16(13)23-26-18)19(25)17-14(21)2-1-3-15(17)22/h1-7H,8-10H2. The van der Waals surface area contributed by atoms with Crippen molar-refractivity contribution in [3.63, 3.8) is 0 Å². The summed E-state index contributed by atoms with van der Waals surface area (Å²) in [6, 6.07) is 11.5. The molecule has 4 nitrogen and oxygen atoms in total. The van der Waals surface area contributed by atoms with E-state index in [1.54, 1.807) is 12.1 Å². The van der Waals surface area contributed by atoms with Crippen LogP contribution in [0.3, 0.4) is 0 Å². The fourth-order valence-corrected chi connectivity index (χ4v) is 3.46. The molecule has 0 atom stereocenters. The Morgan fingerprint density at radius 2 is 1.92 bits per heavy atom. The summed E-state index contributed by atoms with van der Waals surface area (Å²) in [5, 5.41) is 4.84. The van der Waals surface area contributed by atoms with Gasteiger partial charge in [0.2, 0.25) is 0 Å². The van der Waals surface area contributed by atoms with Gasteiger partial charge in [-0.2, -0.15) is 0 Å². The van der Waals surface area contributed by atoms with E-state index in [1.165, 1.54) is 23.1 Å². The summed E-state index contributed by atoms with van der Waals surface area (Å²) >= 11 is 11.9. The fraction of sp³-hybridized carbons (Fsp3) is 0.158. The predicted molar refractivity (Wildman–Crippen MR) is 96.8 cm³/mol. The molecule has 1 amide bonds. The van der Waals surface area contributed by atoms with Crippen molar-refractivity contribution in [1.29, 1.82) is 0 Å². The average Bonchev–Trinajstić information content (AvgIpc) is 3.05. The van der Waals surface area contributed by atoms with Crippen LogP contribution >= 0.6 is 23.2 Å². The largest absolute Gasteiger partial charge is 0.356 e. The minimum absolute atomic E-state index is 0.0998. The summed E-state index contributed by atoms with van der Waals surface area (Å²) in [6.07, 6.45) is 0.564. The first-order valence-corrected chi connectivity index (χ1v) is 8.77. The average molecular weight is 391 g/mol. The van der Waals surface area contributed by atoms with Crippen LogP contribution in [0.5, 0.6) is 0 Å². The summed E-state index contributed by atoms with van der Waals surface area (Å²) in [4.78, 5) is 14.2. The van der Waals surface area contributed by atoms with E-state index in [2.05, 4.69) is 5.16 Å². The molecular formula is C19H13Cl2FN2O2. The Hall–Kier alpha value is -2.37. The molecule has 0 saturated carbocycles. The van der Waals surface area contributed by atoms with Gasteiger partial charge in [0.1, 0.15) is 11.5 Å². The van der Waals surface area contributed by atoms with Gasteiger partial charge in [-0.1, -0.05) is 34.4 Å². The van der Waals surface area contributed by atoms with Gasteiger partial charge in [-0.25, -0.2) is 4.39 Å². The molecule has 0 aliphatic carbocycles. The minimum Gasteiger partial charge on any atom is -0.356 e. The van der Waals surface area contributed by atoms with Crippen LogP contribution < -0.4 is 0 Å². The van der Waals surface area contributed by atoms with Gasteiger partial charge in [-0.05, 0) is 42.8 Å². The highest BCUT2D eigenvalue weighted by Crippen LogP contribution is 2.32. The van der Waals surface area contributed by atoms with Crippen molar-refractivity contribution in [3.8, 4) is 11.3 Å². The van der Waals surface area contributed by atoms with E-state index in [0.717, 1.165) is 11.1 Å². The molecule has 2 heterocycles. The Bertz CT molecular complexity index is 965. The van der Waals surface area contributed by atoms with Gasteiger partial charge in [-0.15, -0.1) is 0 Å². The quantitative estimate of drug-likeness (QED) is 0.619. The van der Waals surface area contributed by atoms with E-state index >= 15 is 0 Å². The van der Waals surface area contributed by atoms with E-state index < -0.39 is 11.7 Å². The first-order valence-electron chi connectivity index (χ1n) is 8.01. The Kier molecular flexibility index (Phi) is 4.42. The molecule has 0 unspecified atom stereocenters. The number of hydrogen-bond acceptors (Lipinski definition) is 3. The number of carbonyl (C=O) groups excluding carboxylic acids is 1. The summed E-state index contributed by atoms with van der Waals surface area (Å²) < 4.78 is 19.5. The molecule has 132 valence electrons. The lowest BCUT2D eigenvalue weighted by Gasteiger charge is -2.26. The van der Waals surface area contributed by atoms with Crippen LogP contribution in [0.2, 0.25) is 10.0 Å². The highest BCUT2D eigenvalue weighted by atomic mass is 35.5. The lowest BCUT2D eigenvalue weighted by atomic mass is 10.00. The summed E-state index contributed by atoms with van der Waals surface area (Å²) in [5.74, 6) is -0.405. The van der Waals surface area contributed by atoms with Crippen LogP contribution in [-0.4, -0.2) is 22.5 Å². The number of benzene rings is 2. The van der Waals surface area contributed by atoms with Gasteiger partial charge >= 0.3 is 0 Å². The maximum absolute atomic E-state index is 14.0. The second-order valence-corrected chi connectivity index (χ2v) is 6.86. The van der Waals surface area contributed by atoms with Crippen LogP contribution in [-0.2, 0) is 13.0 Å². The molecule has 0 N–H and O–H groups in total. The van der Waals surface area contributed by atoms with Gasteiger partial charge < -0.3 is 9.42 Å². The van der Waals surface area contributed by atoms with Crippen LogP contribution in [0.25, 0.3) is 11.3 Å². The second-order valence-electron chi connectivity index (χ2n) is 6.02. The third-order valence-electron chi connectivity index (χ3n) is 4.41. The molecule has 0 fully saturated rings. The lowest BCUT2D eigenvalue weighted by Crippen LogP contribution is -2.36. The Morgan fingerprint density at radius 3 is 2.65 bits per heavy atom. The third kappa shape index (κ3) is 2.97. The van der Waals surface area contributed by atoms with Crippen LogP contribution in [0.1, 0.15) is 21.6 Å². The normalized spacial score (nSPS) is 13.6. The molecule has 7 heteroatoms. The number of halogens is 3. The van der Waals surface area contributed by atoms with E-state index in [4.69, 9.17) is 27.7 Å². The van der Waals surface area contributed by atoms with Crippen molar-refractivity contribution in [1.82, 2.24) is 10.1 Å². The molecular weight excluding hydrogens is 378 g/mol. The highest BCUT2D eigenvalue weighted by molar-refractivity contribution is 6.33. The van der Waals surface area contributed by atoms with E-state index in [1.807, 2.05) is 12.1 Å². The van der Waals surface area contributed by atoms with Crippen molar-refractivity contribution in [3.05, 3.63) is 75.1 Å². The maximum Gasteiger partial charge on any atom is 0.258 e. The monoisotopic (exact) mass is 390 g/mol. The first kappa shape index (κ1) is 17.1. The molecule has 0 spiro atoms. The molecule has 1 aromatic heterocycles. The third-order valence-corrected chi connectivity index (χ3v) is 4.98. The molecule has 1 aliphatic heterocycles. The van der Waals surface area contributed by atoms with E-state index in [9.17, 15) is 9.18 Å². The molecule has 26 heavy (non-hydrogen) atoms.